The molecular weight excluding hydrogens is 302 g/mol. The van der Waals surface area contributed by atoms with Gasteiger partial charge in [-0.1, -0.05) is 0 Å². The molecule has 0 spiro atoms. The third kappa shape index (κ3) is 2.66. The molecule has 0 unspecified atom stereocenters. The maximum atomic E-state index is 13.2. The number of likely N-dealkylation sites (tertiary alicyclic amines) is 1. The smallest absolute Gasteiger partial charge is 0.231 e. The highest BCUT2D eigenvalue weighted by molar-refractivity contribution is 5.85. The van der Waals surface area contributed by atoms with Crippen LogP contribution in [0.3, 0.4) is 0 Å². The van der Waals surface area contributed by atoms with E-state index in [1.165, 1.54) is 12.8 Å². The van der Waals surface area contributed by atoms with Crippen LogP contribution in [0.5, 0.6) is 0 Å². The van der Waals surface area contributed by atoms with E-state index in [0.29, 0.717) is 0 Å². The lowest BCUT2D eigenvalue weighted by atomic mass is 9.74. The Hall–Kier alpha value is -1.69. The summed E-state index contributed by atoms with van der Waals surface area (Å²) in [6, 6.07) is 2.03. The minimum atomic E-state index is -0.310. The van der Waals surface area contributed by atoms with E-state index in [1.807, 2.05) is 20.2 Å². The molecule has 0 aromatic carbocycles. The number of hydrogen-bond acceptors (Lipinski definition) is 5. The summed E-state index contributed by atoms with van der Waals surface area (Å²) in [6.07, 6.45) is 8.28. The minimum Gasteiger partial charge on any atom is -0.348 e. The van der Waals surface area contributed by atoms with Gasteiger partial charge in [-0.3, -0.25) is 9.69 Å². The highest BCUT2D eigenvalue weighted by Crippen LogP contribution is 2.45. The lowest BCUT2D eigenvalue weighted by Gasteiger charge is -2.45. The number of aromatic nitrogens is 2. The molecule has 3 heterocycles. The first-order chi connectivity index (χ1) is 11.6. The fraction of sp³-hybridized carbons (Fsp3) is 0.722. The zero-order chi connectivity index (χ0) is 16.7. The van der Waals surface area contributed by atoms with Crippen molar-refractivity contribution >= 4 is 11.9 Å². The number of fused-ring (bicyclic) bond motifs is 1. The van der Waals surface area contributed by atoms with Gasteiger partial charge in [-0.25, -0.2) is 9.97 Å². The molecular formula is C18H27N5O. The first kappa shape index (κ1) is 15.8. The molecule has 6 heteroatoms. The Morgan fingerprint density at radius 1 is 1.33 bits per heavy atom. The number of anilines is 1. The van der Waals surface area contributed by atoms with E-state index < -0.39 is 0 Å². The molecule has 1 saturated carbocycles. The molecule has 130 valence electrons. The fourth-order valence-electron chi connectivity index (χ4n) is 4.60. The Morgan fingerprint density at radius 2 is 2.08 bits per heavy atom. The highest BCUT2D eigenvalue weighted by atomic mass is 16.2. The van der Waals surface area contributed by atoms with Crippen molar-refractivity contribution in [1.29, 1.82) is 0 Å². The van der Waals surface area contributed by atoms with Crippen LogP contribution in [0.4, 0.5) is 5.95 Å². The Balaban J connectivity index is 1.66. The number of carbonyl (C=O) groups is 1. The van der Waals surface area contributed by atoms with Crippen LogP contribution in [0.1, 0.15) is 25.7 Å². The molecule has 3 aliphatic rings. The van der Waals surface area contributed by atoms with E-state index in [9.17, 15) is 4.79 Å². The number of carbonyl (C=O) groups excluding carboxylic acids is 1. The van der Waals surface area contributed by atoms with Gasteiger partial charge in [-0.15, -0.1) is 0 Å². The predicted octanol–water partition coefficient (Wildman–Crippen LogP) is 1.25. The van der Waals surface area contributed by atoms with Gasteiger partial charge in [0.2, 0.25) is 11.9 Å². The van der Waals surface area contributed by atoms with Crippen molar-refractivity contribution < 1.29 is 4.79 Å². The Bertz CT molecular complexity index is 603. The molecule has 0 N–H and O–H groups in total. The summed E-state index contributed by atoms with van der Waals surface area (Å²) in [4.78, 5) is 28.7. The molecule has 2 atom stereocenters. The fourth-order valence-corrected chi connectivity index (χ4v) is 4.60. The SMILES string of the molecule is CN(C)C(=O)[C@]12CCCN(c3ncccn3)[C@H]1CN(CC1CC1)C2. The van der Waals surface area contributed by atoms with E-state index in [1.54, 1.807) is 17.3 Å². The van der Waals surface area contributed by atoms with Crippen LogP contribution in [0.15, 0.2) is 18.5 Å². The monoisotopic (exact) mass is 329 g/mol. The first-order valence-corrected chi connectivity index (χ1v) is 9.08. The molecule has 1 aromatic rings. The average molecular weight is 329 g/mol. The van der Waals surface area contributed by atoms with Crippen molar-refractivity contribution in [3.8, 4) is 0 Å². The summed E-state index contributed by atoms with van der Waals surface area (Å²) >= 11 is 0. The van der Waals surface area contributed by atoms with Crippen LogP contribution in [-0.2, 0) is 4.79 Å². The second kappa shape index (κ2) is 5.99. The van der Waals surface area contributed by atoms with Gasteiger partial charge >= 0.3 is 0 Å². The summed E-state index contributed by atoms with van der Waals surface area (Å²) < 4.78 is 0. The van der Waals surface area contributed by atoms with Crippen LogP contribution >= 0.6 is 0 Å². The molecule has 3 fully saturated rings. The lowest BCUT2D eigenvalue weighted by Crippen LogP contribution is -2.58. The van der Waals surface area contributed by atoms with Crippen LogP contribution in [0, 0.1) is 11.3 Å². The van der Waals surface area contributed by atoms with E-state index in [-0.39, 0.29) is 17.4 Å². The Morgan fingerprint density at radius 3 is 2.75 bits per heavy atom. The van der Waals surface area contributed by atoms with Gasteiger partial charge in [0.1, 0.15) is 0 Å². The van der Waals surface area contributed by atoms with Gasteiger partial charge in [0.25, 0.3) is 0 Å². The number of rotatable bonds is 4. The molecule has 2 aliphatic heterocycles. The number of hydrogen-bond donors (Lipinski definition) is 0. The quantitative estimate of drug-likeness (QED) is 0.832. The molecule has 4 rings (SSSR count). The third-order valence-corrected chi connectivity index (χ3v) is 5.83. The van der Waals surface area contributed by atoms with Gasteiger partial charge in [-0.2, -0.15) is 0 Å². The molecule has 6 nitrogen and oxygen atoms in total. The van der Waals surface area contributed by atoms with E-state index in [0.717, 1.165) is 50.9 Å². The van der Waals surface area contributed by atoms with Gasteiger partial charge in [0, 0.05) is 52.7 Å². The summed E-state index contributed by atoms with van der Waals surface area (Å²) in [6.45, 7) is 3.92. The van der Waals surface area contributed by atoms with Crippen molar-refractivity contribution in [2.45, 2.75) is 31.7 Å². The highest BCUT2D eigenvalue weighted by Gasteiger charge is 2.57. The van der Waals surface area contributed by atoms with Gasteiger partial charge < -0.3 is 9.80 Å². The van der Waals surface area contributed by atoms with Crippen LogP contribution in [0.2, 0.25) is 0 Å². The second-order valence-corrected chi connectivity index (χ2v) is 7.85. The van der Waals surface area contributed by atoms with Crippen LogP contribution < -0.4 is 4.90 Å². The normalized spacial score (nSPS) is 30.2. The zero-order valence-corrected chi connectivity index (χ0v) is 14.7. The van der Waals surface area contributed by atoms with Gasteiger partial charge in [-0.05, 0) is 37.7 Å². The molecule has 1 aromatic heterocycles. The number of nitrogens with zero attached hydrogens (tertiary/aromatic N) is 5. The van der Waals surface area contributed by atoms with Crippen molar-refractivity contribution in [3.05, 3.63) is 18.5 Å². The van der Waals surface area contributed by atoms with Gasteiger partial charge in [0.15, 0.2) is 0 Å². The van der Waals surface area contributed by atoms with E-state index >= 15 is 0 Å². The first-order valence-electron chi connectivity index (χ1n) is 9.08. The van der Waals surface area contributed by atoms with Crippen molar-refractivity contribution in [2.24, 2.45) is 11.3 Å². The maximum absolute atomic E-state index is 13.2. The number of amides is 1. The van der Waals surface area contributed by atoms with Crippen molar-refractivity contribution in [3.63, 3.8) is 0 Å². The second-order valence-electron chi connectivity index (χ2n) is 7.85. The van der Waals surface area contributed by atoms with Gasteiger partial charge in [0.05, 0.1) is 11.5 Å². The van der Waals surface area contributed by atoms with Crippen LogP contribution in [0.25, 0.3) is 0 Å². The summed E-state index contributed by atoms with van der Waals surface area (Å²) in [5.41, 5.74) is -0.310. The summed E-state index contributed by atoms with van der Waals surface area (Å²) in [5, 5.41) is 0. The van der Waals surface area contributed by atoms with E-state index in [4.69, 9.17) is 0 Å². The lowest BCUT2D eigenvalue weighted by molar-refractivity contribution is -0.140. The van der Waals surface area contributed by atoms with Crippen LogP contribution in [-0.4, -0.2) is 72.0 Å². The summed E-state index contributed by atoms with van der Waals surface area (Å²) in [5.74, 6) is 1.89. The minimum absolute atomic E-state index is 0.183. The van der Waals surface area contributed by atoms with E-state index in [2.05, 4.69) is 19.8 Å². The molecule has 0 bridgehead atoms. The standard InChI is InChI=1S/C18H27N5O/c1-21(2)16(24)18-7-3-10-23(17-19-8-4-9-20-17)15(18)12-22(13-18)11-14-5-6-14/h4,8-9,14-15H,3,5-7,10-13H2,1-2H3/t15-,18-/m0/s1. The maximum Gasteiger partial charge on any atom is 0.231 e. The number of piperidine rings is 1. The molecule has 1 amide bonds. The largest absolute Gasteiger partial charge is 0.348 e. The predicted molar refractivity (Wildman–Crippen MR) is 92.7 cm³/mol. The third-order valence-electron chi connectivity index (χ3n) is 5.83. The molecule has 1 aliphatic carbocycles. The Kier molecular flexibility index (Phi) is 3.95. The molecule has 2 saturated heterocycles. The topological polar surface area (TPSA) is 52.6 Å². The summed E-state index contributed by atoms with van der Waals surface area (Å²) in [7, 11) is 3.77. The van der Waals surface area contributed by atoms with Crippen molar-refractivity contribution in [1.82, 2.24) is 19.8 Å². The van der Waals surface area contributed by atoms with Crippen molar-refractivity contribution in [2.75, 3.05) is 45.2 Å². The molecule has 24 heavy (non-hydrogen) atoms. The average Bonchev–Trinajstić information content (AvgIpc) is 3.32. The molecule has 0 radical (unpaired) electrons. The Labute approximate surface area is 143 Å². The zero-order valence-electron chi connectivity index (χ0n) is 14.7.